The van der Waals surface area contributed by atoms with Crippen molar-refractivity contribution >= 4 is 17.4 Å². The summed E-state index contributed by atoms with van der Waals surface area (Å²) in [6.45, 7) is 0.906. The highest BCUT2D eigenvalue weighted by Gasteiger charge is 2.18. The van der Waals surface area contributed by atoms with Crippen LogP contribution < -0.4 is 9.47 Å². The molecule has 0 aliphatic carbocycles. The third-order valence-corrected chi connectivity index (χ3v) is 2.34. The van der Waals surface area contributed by atoms with Gasteiger partial charge in [-0.15, -0.1) is 11.6 Å². The molecule has 0 bridgehead atoms. The Morgan fingerprint density at radius 1 is 1.47 bits per heavy atom. The van der Waals surface area contributed by atoms with Crippen LogP contribution in [0.2, 0.25) is 0 Å². The summed E-state index contributed by atoms with van der Waals surface area (Å²) >= 11 is 5.51. The van der Waals surface area contributed by atoms with Crippen LogP contribution in [-0.2, 0) is 0 Å². The predicted octanol–water partition coefficient (Wildman–Crippen LogP) is 2.27. The first-order valence-corrected chi connectivity index (χ1v) is 5.33. The van der Waals surface area contributed by atoms with Crippen molar-refractivity contribution in [2.45, 2.75) is 6.42 Å². The molecule has 0 atom stereocenters. The van der Waals surface area contributed by atoms with E-state index in [1.54, 1.807) is 18.2 Å². The van der Waals surface area contributed by atoms with Crippen molar-refractivity contribution in [2.24, 2.45) is 0 Å². The van der Waals surface area contributed by atoms with Gasteiger partial charge in [0.1, 0.15) is 18.1 Å². The van der Waals surface area contributed by atoms with E-state index in [4.69, 9.17) is 21.1 Å². The van der Waals surface area contributed by atoms with Crippen molar-refractivity contribution < 1.29 is 14.3 Å². The van der Waals surface area contributed by atoms with E-state index in [9.17, 15) is 4.79 Å². The van der Waals surface area contributed by atoms with Crippen LogP contribution in [0.4, 0.5) is 0 Å². The first kappa shape index (κ1) is 10.3. The van der Waals surface area contributed by atoms with Crippen molar-refractivity contribution in [1.82, 2.24) is 0 Å². The lowest BCUT2D eigenvalue weighted by atomic mass is 10.1. The maximum atomic E-state index is 11.5. The average molecular weight is 227 g/mol. The molecule has 0 amide bonds. The lowest BCUT2D eigenvalue weighted by Crippen LogP contribution is -2.15. The lowest BCUT2D eigenvalue weighted by molar-refractivity contribution is 0.0933. The van der Waals surface area contributed by atoms with Crippen molar-refractivity contribution in [3.05, 3.63) is 23.8 Å². The monoisotopic (exact) mass is 226 g/mol. The van der Waals surface area contributed by atoms with E-state index in [1.165, 1.54) is 0 Å². The van der Waals surface area contributed by atoms with Crippen molar-refractivity contribution in [1.29, 1.82) is 0 Å². The third kappa shape index (κ3) is 2.23. The van der Waals surface area contributed by atoms with Gasteiger partial charge in [-0.3, -0.25) is 4.79 Å². The van der Waals surface area contributed by atoms with E-state index >= 15 is 0 Å². The maximum Gasteiger partial charge on any atom is 0.170 e. The van der Waals surface area contributed by atoms with Crippen LogP contribution in [0.5, 0.6) is 11.5 Å². The molecule has 1 heterocycles. The minimum Gasteiger partial charge on any atom is -0.492 e. The lowest BCUT2D eigenvalue weighted by Gasteiger charge is -2.16. The van der Waals surface area contributed by atoms with Gasteiger partial charge in [-0.2, -0.15) is 0 Å². The van der Waals surface area contributed by atoms with Crippen LogP contribution in [0.25, 0.3) is 0 Å². The van der Waals surface area contributed by atoms with E-state index in [2.05, 4.69) is 0 Å². The average Bonchev–Trinajstić information content (AvgIpc) is 2.27. The van der Waals surface area contributed by atoms with Gasteiger partial charge in [0, 0.05) is 6.42 Å². The zero-order valence-electron chi connectivity index (χ0n) is 8.16. The number of benzene rings is 1. The largest absolute Gasteiger partial charge is 0.492 e. The topological polar surface area (TPSA) is 35.5 Å². The molecular formula is C11H11ClO3. The summed E-state index contributed by atoms with van der Waals surface area (Å²) in [5.41, 5.74) is 0.605. The third-order valence-electron chi connectivity index (χ3n) is 2.18. The quantitative estimate of drug-likeness (QED) is 0.742. The molecule has 0 saturated heterocycles. The van der Waals surface area contributed by atoms with Gasteiger partial charge in [-0.25, -0.2) is 0 Å². The van der Waals surface area contributed by atoms with Gasteiger partial charge in [0.2, 0.25) is 0 Å². The minimum absolute atomic E-state index is 0.104. The molecule has 80 valence electrons. The normalized spacial score (nSPS) is 14.3. The van der Waals surface area contributed by atoms with Crippen LogP contribution in [0.3, 0.4) is 0 Å². The Balaban J connectivity index is 2.23. The Morgan fingerprint density at radius 2 is 2.33 bits per heavy atom. The highest BCUT2D eigenvalue weighted by Crippen LogP contribution is 2.28. The number of hydrogen-bond acceptors (Lipinski definition) is 3. The Hall–Kier alpha value is -1.22. The Bertz CT molecular complexity index is 376. The van der Waals surface area contributed by atoms with Crippen molar-refractivity contribution in [2.75, 3.05) is 19.1 Å². The molecule has 0 radical (unpaired) electrons. The van der Waals surface area contributed by atoms with Crippen LogP contribution in [-0.4, -0.2) is 24.9 Å². The van der Waals surface area contributed by atoms with Gasteiger partial charge < -0.3 is 9.47 Å². The molecule has 0 unspecified atom stereocenters. The molecule has 0 spiro atoms. The van der Waals surface area contributed by atoms with Gasteiger partial charge in [-0.05, 0) is 18.2 Å². The van der Waals surface area contributed by atoms with Crippen LogP contribution in [0.15, 0.2) is 18.2 Å². The molecule has 4 heteroatoms. The van der Waals surface area contributed by atoms with E-state index in [-0.39, 0.29) is 5.78 Å². The molecule has 3 nitrogen and oxygen atoms in total. The summed E-state index contributed by atoms with van der Waals surface area (Å²) in [6, 6.07) is 5.25. The second-order valence-electron chi connectivity index (χ2n) is 3.22. The molecule has 0 fully saturated rings. The second kappa shape index (κ2) is 4.53. The molecule has 1 aromatic carbocycles. The number of carbonyl (C=O) groups excluding carboxylic acids is 1. The van der Waals surface area contributed by atoms with E-state index in [0.717, 1.165) is 0 Å². The second-order valence-corrected chi connectivity index (χ2v) is 3.60. The molecule has 15 heavy (non-hydrogen) atoms. The molecule has 1 aliphatic rings. The van der Waals surface area contributed by atoms with E-state index < -0.39 is 0 Å². The smallest absolute Gasteiger partial charge is 0.170 e. The maximum absolute atomic E-state index is 11.5. The number of Topliss-reactive ketones (excluding diaryl/α,β-unsaturated/α-hetero) is 1. The minimum atomic E-state index is 0.104. The van der Waals surface area contributed by atoms with Gasteiger partial charge in [0.25, 0.3) is 0 Å². The summed E-state index contributed by atoms with van der Waals surface area (Å²) in [7, 11) is 0. The standard InChI is InChI=1S/C11H11ClO3/c12-4-6-14-8-1-2-11-9(7-8)10(13)3-5-15-11/h1-2,7H,3-6H2. The molecular weight excluding hydrogens is 216 g/mol. The summed E-state index contributed by atoms with van der Waals surface area (Å²) in [5, 5.41) is 0. The summed E-state index contributed by atoms with van der Waals surface area (Å²) < 4.78 is 10.7. The SMILES string of the molecule is O=C1CCOc2ccc(OCCCl)cc21. The van der Waals surface area contributed by atoms with Gasteiger partial charge in [0.05, 0.1) is 18.1 Å². The fourth-order valence-corrected chi connectivity index (χ4v) is 1.56. The molecule has 0 saturated carbocycles. The molecule has 1 aromatic rings. The molecule has 2 rings (SSSR count). The van der Waals surface area contributed by atoms with Crippen LogP contribution >= 0.6 is 11.6 Å². The summed E-state index contributed by atoms with van der Waals surface area (Å²) in [4.78, 5) is 11.5. The van der Waals surface area contributed by atoms with Crippen LogP contribution in [0.1, 0.15) is 16.8 Å². The Kier molecular flexibility index (Phi) is 3.11. The highest BCUT2D eigenvalue weighted by atomic mass is 35.5. The number of rotatable bonds is 3. The zero-order chi connectivity index (χ0) is 10.7. The van der Waals surface area contributed by atoms with Crippen molar-refractivity contribution in [3.63, 3.8) is 0 Å². The summed E-state index contributed by atoms with van der Waals surface area (Å²) in [5.74, 6) is 1.84. The first-order chi connectivity index (χ1) is 7.31. The number of alkyl halides is 1. The summed E-state index contributed by atoms with van der Waals surface area (Å²) in [6.07, 6.45) is 0.436. The molecule has 1 aliphatic heterocycles. The first-order valence-electron chi connectivity index (χ1n) is 4.80. The number of fused-ring (bicyclic) bond motifs is 1. The fraction of sp³-hybridized carbons (Fsp3) is 0.364. The Morgan fingerprint density at radius 3 is 3.13 bits per heavy atom. The number of carbonyl (C=O) groups is 1. The van der Waals surface area contributed by atoms with Gasteiger partial charge >= 0.3 is 0 Å². The zero-order valence-corrected chi connectivity index (χ0v) is 8.92. The number of halogens is 1. The fourth-order valence-electron chi connectivity index (χ4n) is 1.49. The van der Waals surface area contributed by atoms with Gasteiger partial charge in [0.15, 0.2) is 5.78 Å². The van der Waals surface area contributed by atoms with E-state index in [1.807, 2.05) is 0 Å². The molecule has 0 aromatic heterocycles. The number of hydrogen-bond donors (Lipinski definition) is 0. The Labute approximate surface area is 92.9 Å². The van der Waals surface area contributed by atoms with Gasteiger partial charge in [-0.1, -0.05) is 0 Å². The van der Waals surface area contributed by atoms with Crippen molar-refractivity contribution in [3.8, 4) is 11.5 Å². The number of ketones is 1. The number of ether oxygens (including phenoxy) is 2. The van der Waals surface area contributed by atoms with Crippen LogP contribution in [0, 0.1) is 0 Å². The predicted molar refractivity (Wildman–Crippen MR) is 57.1 cm³/mol. The highest BCUT2D eigenvalue weighted by molar-refractivity contribution is 6.18. The van der Waals surface area contributed by atoms with E-state index in [0.29, 0.717) is 42.6 Å². The molecule has 0 N–H and O–H groups in total.